The van der Waals surface area contributed by atoms with Crippen LogP contribution in [0.5, 0.6) is 0 Å². The van der Waals surface area contributed by atoms with E-state index >= 15 is 0 Å². The molecule has 2 aromatic rings. The third-order valence-electron chi connectivity index (χ3n) is 3.68. The summed E-state index contributed by atoms with van der Waals surface area (Å²) >= 11 is 0. The number of anilines is 2. The lowest BCUT2D eigenvalue weighted by Crippen LogP contribution is -2.51. The van der Waals surface area contributed by atoms with Gasteiger partial charge in [-0.3, -0.25) is 0 Å². The molecule has 0 atom stereocenters. The summed E-state index contributed by atoms with van der Waals surface area (Å²) in [5.41, 5.74) is 8.80. The van der Waals surface area contributed by atoms with Crippen molar-refractivity contribution < 1.29 is 0 Å². The van der Waals surface area contributed by atoms with Crippen LogP contribution in [0.2, 0.25) is 0 Å². The Morgan fingerprint density at radius 2 is 2.14 bits per heavy atom. The Bertz CT molecular complexity index is 675. The fourth-order valence-electron chi connectivity index (χ4n) is 2.26. The molecule has 0 unspecified atom stereocenters. The van der Waals surface area contributed by atoms with Gasteiger partial charge < -0.3 is 16.4 Å². The van der Waals surface area contributed by atoms with E-state index in [4.69, 9.17) is 5.73 Å². The number of hydrogen-bond donors (Lipinski definition) is 3. The van der Waals surface area contributed by atoms with Gasteiger partial charge in [0.05, 0.1) is 12.6 Å². The summed E-state index contributed by atoms with van der Waals surface area (Å²) in [5, 5.41) is 20.2. The molecule has 108 valence electrons. The molecule has 1 aromatic carbocycles. The molecule has 0 aliphatic carbocycles. The lowest BCUT2D eigenvalue weighted by molar-refractivity contribution is 0.470. The van der Waals surface area contributed by atoms with E-state index in [1.807, 2.05) is 12.1 Å². The van der Waals surface area contributed by atoms with Crippen molar-refractivity contribution in [1.82, 2.24) is 15.1 Å². The first-order valence-electron chi connectivity index (χ1n) is 6.96. The minimum absolute atomic E-state index is 0.319. The maximum Gasteiger partial charge on any atom is 0.168 e. The van der Waals surface area contributed by atoms with Gasteiger partial charge in [-0.05, 0) is 12.5 Å². The molecule has 0 amide bonds. The average Bonchev–Trinajstić information content (AvgIpc) is 2.72. The highest BCUT2D eigenvalue weighted by Crippen LogP contribution is 2.22. The summed E-state index contributed by atoms with van der Waals surface area (Å²) in [4.78, 5) is 0. The number of nitrogens with zero attached hydrogens (tertiary/aromatic N) is 3. The number of nitrogen functional groups attached to an aromatic ring is 1. The highest BCUT2D eigenvalue weighted by atomic mass is 15.4. The number of aryl methyl sites for hydroxylation is 1. The maximum atomic E-state index is 9.28. The number of aromatic nitrogens is 2. The molecule has 21 heavy (non-hydrogen) atoms. The van der Waals surface area contributed by atoms with Crippen LogP contribution in [0, 0.1) is 18.3 Å². The molecular formula is C15H18N6. The molecule has 1 fully saturated rings. The number of hydrogen-bond acceptors (Lipinski definition) is 5. The summed E-state index contributed by atoms with van der Waals surface area (Å²) in [6, 6.07) is 10.7. The number of benzene rings is 1. The predicted octanol–water partition coefficient (Wildman–Crippen LogP) is 1.08. The zero-order valence-corrected chi connectivity index (χ0v) is 11.9. The third kappa shape index (κ3) is 2.69. The Morgan fingerprint density at radius 3 is 2.71 bits per heavy atom. The Labute approximate surface area is 123 Å². The van der Waals surface area contributed by atoms with E-state index in [-0.39, 0.29) is 0 Å². The predicted molar refractivity (Wildman–Crippen MR) is 81.9 cm³/mol. The summed E-state index contributed by atoms with van der Waals surface area (Å²) in [6.07, 6.45) is 0. The number of nitrogens with two attached hydrogens (primary N) is 1. The Hall–Kier alpha value is -2.52. The van der Waals surface area contributed by atoms with Gasteiger partial charge in [-0.1, -0.05) is 29.8 Å². The van der Waals surface area contributed by atoms with Crippen molar-refractivity contribution in [2.45, 2.75) is 19.5 Å². The molecule has 1 saturated heterocycles. The standard InChI is InChI=1S/C15H18N6/c1-10-2-4-11(5-3-10)9-21-14(17)13(6-16)15(20-21)19-12-7-18-8-12/h2-5,12,18H,7-9,17H2,1H3,(H,19,20). The van der Waals surface area contributed by atoms with Crippen molar-refractivity contribution in [3.05, 3.63) is 41.0 Å². The van der Waals surface area contributed by atoms with Crippen molar-refractivity contribution in [3.8, 4) is 6.07 Å². The van der Waals surface area contributed by atoms with Gasteiger partial charge in [0.2, 0.25) is 0 Å². The summed E-state index contributed by atoms with van der Waals surface area (Å²) < 4.78 is 1.68. The molecule has 6 nitrogen and oxygen atoms in total. The van der Waals surface area contributed by atoms with Gasteiger partial charge in [0.15, 0.2) is 5.82 Å². The van der Waals surface area contributed by atoms with Crippen molar-refractivity contribution in [3.63, 3.8) is 0 Å². The van der Waals surface area contributed by atoms with E-state index in [2.05, 4.69) is 40.9 Å². The molecule has 1 aliphatic rings. The highest BCUT2D eigenvalue weighted by Gasteiger charge is 2.22. The zero-order valence-electron chi connectivity index (χ0n) is 11.9. The second-order valence-corrected chi connectivity index (χ2v) is 5.36. The zero-order chi connectivity index (χ0) is 14.8. The Kier molecular flexibility index (Phi) is 3.50. The van der Waals surface area contributed by atoms with Crippen LogP contribution >= 0.6 is 0 Å². The lowest BCUT2D eigenvalue weighted by Gasteiger charge is -2.27. The summed E-state index contributed by atoms with van der Waals surface area (Å²) in [5.74, 6) is 0.987. The van der Waals surface area contributed by atoms with Gasteiger partial charge in [-0.25, -0.2) is 4.68 Å². The van der Waals surface area contributed by atoms with Gasteiger partial charge in [0, 0.05) is 13.1 Å². The van der Waals surface area contributed by atoms with Gasteiger partial charge in [0.25, 0.3) is 0 Å². The Morgan fingerprint density at radius 1 is 1.43 bits per heavy atom. The molecular weight excluding hydrogens is 264 g/mol. The second kappa shape index (κ2) is 5.46. The van der Waals surface area contributed by atoms with Crippen molar-refractivity contribution >= 4 is 11.6 Å². The van der Waals surface area contributed by atoms with E-state index in [1.165, 1.54) is 5.56 Å². The monoisotopic (exact) mass is 282 g/mol. The smallest absolute Gasteiger partial charge is 0.168 e. The van der Waals surface area contributed by atoms with E-state index in [0.717, 1.165) is 18.7 Å². The first kappa shape index (κ1) is 13.5. The van der Waals surface area contributed by atoms with Gasteiger partial charge in [-0.2, -0.15) is 10.4 Å². The van der Waals surface area contributed by atoms with Crippen LogP contribution in [0.15, 0.2) is 24.3 Å². The normalized spacial score (nSPS) is 14.5. The number of rotatable bonds is 4. The quantitative estimate of drug-likeness (QED) is 0.780. The molecule has 0 spiro atoms. The van der Waals surface area contributed by atoms with Gasteiger partial charge >= 0.3 is 0 Å². The van der Waals surface area contributed by atoms with E-state index in [0.29, 0.717) is 29.8 Å². The van der Waals surface area contributed by atoms with Gasteiger partial charge in [0.1, 0.15) is 17.5 Å². The van der Waals surface area contributed by atoms with E-state index < -0.39 is 0 Å². The van der Waals surface area contributed by atoms with Crippen molar-refractivity contribution in [2.24, 2.45) is 0 Å². The molecule has 1 aliphatic heterocycles. The summed E-state index contributed by atoms with van der Waals surface area (Å²) in [6.45, 7) is 4.38. The van der Waals surface area contributed by atoms with Crippen LogP contribution in [-0.4, -0.2) is 28.9 Å². The summed E-state index contributed by atoms with van der Waals surface area (Å²) in [7, 11) is 0. The number of nitrogens with one attached hydrogen (secondary N) is 2. The molecule has 6 heteroatoms. The van der Waals surface area contributed by atoms with Crippen LogP contribution in [0.3, 0.4) is 0 Å². The minimum Gasteiger partial charge on any atom is -0.383 e. The number of nitriles is 1. The molecule has 0 radical (unpaired) electrons. The fourth-order valence-corrected chi connectivity index (χ4v) is 2.26. The highest BCUT2D eigenvalue weighted by molar-refractivity contribution is 5.64. The van der Waals surface area contributed by atoms with Crippen molar-refractivity contribution in [2.75, 3.05) is 24.1 Å². The third-order valence-corrected chi connectivity index (χ3v) is 3.68. The largest absolute Gasteiger partial charge is 0.383 e. The second-order valence-electron chi connectivity index (χ2n) is 5.36. The van der Waals surface area contributed by atoms with Crippen LogP contribution in [-0.2, 0) is 6.54 Å². The first-order chi connectivity index (χ1) is 10.2. The lowest BCUT2D eigenvalue weighted by atomic mass is 10.1. The molecule has 4 N–H and O–H groups in total. The molecule has 1 aromatic heterocycles. The Balaban J connectivity index is 1.84. The van der Waals surface area contributed by atoms with E-state index in [1.54, 1.807) is 4.68 Å². The molecule has 0 bridgehead atoms. The first-order valence-corrected chi connectivity index (χ1v) is 6.96. The van der Waals surface area contributed by atoms with Crippen molar-refractivity contribution in [1.29, 1.82) is 5.26 Å². The topological polar surface area (TPSA) is 91.7 Å². The van der Waals surface area contributed by atoms with Crippen LogP contribution in [0.25, 0.3) is 0 Å². The van der Waals surface area contributed by atoms with Gasteiger partial charge in [-0.15, -0.1) is 0 Å². The van der Waals surface area contributed by atoms with Crippen LogP contribution < -0.4 is 16.4 Å². The SMILES string of the molecule is Cc1ccc(Cn2nc(NC3CNC3)c(C#N)c2N)cc1. The fraction of sp³-hybridized carbons (Fsp3) is 0.333. The van der Waals surface area contributed by atoms with E-state index in [9.17, 15) is 5.26 Å². The molecule has 3 rings (SSSR count). The maximum absolute atomic E-state index is 9.28. The van der Waals surface area contributed by atoms with Crippen LogP contribution in [0.1, 0.15) is 16.7 Å². The molecule has 0 saturated carbocycles. The molecule has 2 heterocycles. The minimum atomic E-state index is 0.319. The average molecular weight is 282 g/mol. The van der Waals surface area contributed by atoms with Crippen LogP contribution in [0.4, 0.5) is 11.6 Å².